The lowest BCUT2D eigenvalue weighted by Gasteiger charge is -2.21. The first-order valence-electron chi connectivity index (χ1n) is 11.8. The number of benzene rings is 2. The topological polar surface area (TPSA) is 83.0 Å². The second-order valence-electron chi connectivity index (χ2n) is 9.08. The second kappa shape index (κ2) is 10.4. The largest absolute Gasteiger partial charge is 0.492 e. The van der Waals surface area contributed by atoms with E-state index in [2.05, 4.69) is 23.9 Å². The number of pyridine rings is 1. The highest BCUT2D eigenvalue weighted by molar-refractivity contribution is 6.33. The van der Waals surface area contributed by atoms with Crippen LogP contribution in [0.4, 0.5) is 13.2 Å². The molecule has 0 spiro atoms. The van der Waals surface area contributed by atoms with Crippen LogP contribution in [0.25, 0.3) is 22.0 Å². The van der Waals surface area contributed by atoms with E-state index >= 15 is 0 Å². The number of hydrogen-bond acceptors (Lipinski definition) is 4. The highest BCUT2D eigenvalue weighted by Crippen LogP contribution is 2.43. The fourth-order valence-corrected chi connectivity index (χ4v) is 4.62. The second-order valence-corrected chi connectivity index (χ2v) is 9.48. The molecular formula is C27H26ClF3N4O2. The number of carbonyl (C=O) groups excluding carboxylic acids is 1. The van der Waals surface area contributed by atoms with E-state index in [1.54, 1.807) is 24.5 Å². The van der Waals surface area contributed by atoms with Gasteiger partial charge in [0.05, 0.1) is 35.3 Å². The summed E-state index contributed by atoms with van der Waals surface area (Å²) in [6.07, 6.45) is -0.447. The van der Waals surface area contributed by atoms with Gasteiger partial charge in [-0.05, 0) is 55.2 Å². The van der Waals surface area contributed by atoms with Crippen molar-refractivity contribution in [1.29, 1.82) is 0 Å². The van der Waals surface area contributed by atoms with Crippen LogP contribution in [0.1, 0.15) is 54.8 Å². The van der Waals surface area contributed by atoms with Gasteiger partial charge in [0.15, 0.2) is 0 Å². The Morgan fingerprint density at radius 2 is 1.84 bits per heavy atom. The van der Waals surface area contributed by atoms with Gasteiger partial charge in [-0.2, -0.15) is 18.3 Å². The predicted molar refractivity (Wildman–Crippen MR) is 137 cm³/mol. The van der Waals surface area contributed by atoms with E-state index in [1.165, 1.54) is 6.07 Å². The highest BCUT2D eigenvalue weighted by Gasteiger charge is 2.31. The van der Waals surface area contributed by atoms with E-state index in [4.69, 9.17) is 22.1 Å². The van der Waals surface area contributed by atoms with Crippen LogP contribution >= 0.6 is 11.6 Å². The molecule has 0 bridgehead atoms. The van der Waals surface area contributed by atoms with Crippen molar-refractivity contribution in [1.82, 2.24) is 14.8 Å². The van der Waals surface area contributed by atoms with Gasteiger partial charge >= 0.3 is 6.18 Å². The third kappa shape index (κ3) is 5.41. The molecule has 1 amide bonds. The third-order valence-corrected chi connectivity index (χ3v) is 6.33. The van der Waals surface area contributed by atoms with Crippen LogP contribution in [0.3, 0.4) is 0 Å². The summed E-state index contributed by atoms with van der Waals surface area (Å²) in [5.74, 6) is 0.197. The molecule has 2 aromatic heterocycles. The molecule has 4 aromatic rings. The number of amides is 1. The SMILES string of the molecule is CCOc1c(-c2ccc(C(F)(F)F)cc2Cl)ccc2c1cnn2C(CC(C)C)c1ccc(C(N)=O)nc1. The molecule has 0 fully saturated rings. The Hall–Kier alpha value is -3.59. The van der Waals surface area contributed by atoms with Crippen molar-refractivity contribution in [3.8, 4) is 16.9 Å². The molecule has 2 heterocycles. The fourth-order valence-electron chi connectivity index (χ4n) is 4.34. The molecule has 10 heteroatoms. The monoisotopic (exact) mass is 530 g/mol. The first kappa shape index (κ1) is 26.5. The zero-order valence-corrected chi connectivity index (χ0v) is 21.3. The van der Waals surface area contributed by atoms with E-state index < -0.39 is 17.6 Å². The summed E-state index contributed by atoms with van der Waals surface area (Å²) in [6.45, 7) is 6.36. The van der Waals surface area contributed by atoms with E-state index in [0.29, 0.717) is 34.8 Å². The van der Waals surface area contributed by atoms with E-state index in [-0.39, 0.29) is 16.8 Å². The van der Waals surface area contributed by atoms with Crippen molar-refractivity contribution in [2.45, 2.75) is 39.4 Å². The minimum Gasteiger partial charge on any atom is -0.492 e. The molecule has 0 aliphatic heterocycles. The van der Waals surface area contributed by atoms with Gasteiger partial charge in [-0.1, -0.05) is 37.6 Å². The molecule has 0 radical (unpaired) electrons. The zero-order valence-electron chi connectivity index (χ0n) is 20.5. The first-order valence-corrected chi connectivity index (χ1v) is 12.1. The lowest BCUT2D eigenvalue weighted by molar-refractivity contribution is -0.137. The number of primary amides is 1. The van der Waals surface area contributed by atoms with Crippen LogP contribution in [0.5, 0.6) is 5.75 Å². The maximum absolute atomic E-state index is 13.2. The lowest BCUT2D eigenvalue weighted by atomic mass is 9.97. The number of nitrogens with two attached hydrogens (primary N) is 1. The van der Waals surface area contributed by atoms with Gasteiger partial charge in [-0.15, -0.1) is 0 Å². The number of fused-ring (bicyclic) bond motifs is 1. The van der Waals surface area contributed by atoms with Crippen molar-refractivity contribution < 1.29 is 22.7 Å². The van der Waals surface area contributed by atoms with Crippen molar-refractivity contribution >= 4 is 28.4 Å². The van der Waals surface area contributed by atoms with Crippen LogP contribution in [0.2, 0.25) is 5.02 Å². The van der Waals surface area contributed by atoms with Gasteiger partial charge in [0, 0.05) is 22.3 Å². The normalized spacial score (nSPS) is 12.8. The predicted octanol–water partition coefficient (Wildman–Crippen LogP) is 6.90. The Bertz CT molecular complexity index is 1430. The fraction of sp³-hybridized carbons (Fsp3) is 0.296. The summed E-state index contributed by atoms with van der Waals surface area (Å²) in [6, 6.07) is 10.1. The smallest absolute Gasteiger partial charge is 0.416 e. The summed E-state index contributed by atoms with van der Waals surface area (Å²) in [5.41, 5.74) is 7.33. The summed E-state index contributed by atoms with van der Waals surface area (Å²) in [7, 11) is 0. The number of nitrogens with zero attached hydrogens (tertiary/aromatic N) is 3. The van der Waals surface area contributed by atoms with Gasteiger partial charge in [0.2, 0.25) is 0 Å². The molecular weight excluding hydrogens is 505 g/mol. The molecule has 1 unspecified atom stereocenters. The van der Waals surface area contributed by atoms with Gasteiger partial charge in [0.25, 0.3) is 5.91 Å². The Labute approximate surface area is 217 Å². The van der Waals surface area contributed by atoms with Crippen molar-refractivity contribution in [2.24, 2.45) is 11.7 Å². The van der Waals surface area contributed by atoms with E-state index in [0.717, 1.165) is 29.6 Å². The molecule has 1 atom stereocenters. The minimum atomic E-state index is -4.49. The standard InChI is InChI=1S/C27H26ClF3N4O2/c1-4-37-25-19(18-7-6-17(12-21(18)28)27(29,30)31)8-10-23-20(25)14-34-35(23)24(11-15(2)3)16-5-9-22(26(32)36)33-13-16/h5-10,12-15,24H,4,11H2,1-3H3,(H2,32,36). The molecule has 37 heavy (non-hydrogen) atoms. The highest BCUT2D eigenvalue weighted by atomic mass is 35.5. The lowest BCUT2D eigenvalue weighted by Crippen LogP contribution is -2.17. The van der Waals surface area contributed by atoms with Gasteiger partial charge in [0.1, 0.15) is 11.4 Å². The summed E-state index contributed by atoms with van der Waals surface area (Å²) in [5, 5.41) is 5.34. The molecule has 0 saturated heterocycles. The maximum Gasteiger partial charge on any atom is 0.416 e. The molecule has 6 nitrogen and oxygen atoms in total. The van der Waals surface area contributed by atoms with Crippen molar-refractivity contribution in [3.05, 3.63) is 76.7 Å². The molecule has 0 saturated carbocycles. The number of carbonyl (C=O) groups is 1. The zero-order chi connectivity index (χ0) is 26.9. The Morgan fingerprint density at radius 1 is 1.11 bits per heavy atom. The van der Waals surface area contributed by atoms with Crippen LogP contribution in [0.15, 0.2) is 54.9 Å². The third-order valence-electron chi connectivity index (χ3n) is 6.02. The van der Waals surface area contributed by atoms with E-state index in [1.807, 2.05) is 23.7 Å². The van der Waals surface area contributed by atoms with Gasteiger partial charge < -0.3 is 10.5 Å². The average molecular weight is 531 g/mol. The number of halogens is 4. The number of ether oxygens (including phenoxy) is 1. The summed E-state index contributed by atoms with van der Waals surface area (Å²) >= 11 is 6.31. The molecule has 2 N–H and O–H groups in total. The van der Waals surface area contributed by atoms with Crippen LogP contribution in [-0.2, 0) is 6.18 Å². The first-order chi connectivity index (χ1) is 17.5. The van der Waals surface area contributed by atoms with Gasteiger partial charge in [-0.25, -0.2) is 0 Å². The van der Waals surface area contributed by atoms with Crippen LogP contribution in [-0.4, -0.2) is 27.3 Å². The molecule has 4 rings (SSSR count). The molecule has 2 aromatic carbocycles. The van der Waals surface area contributed by atoms with E-state index in [9.17, 15) is 18.0 Å². The summed E-state index contributed by atoms with van der Waals surface area (Å²) in [4.78, 5) is 15.7. The Kier molecular flexibility index (Phi) is 7.45. The molecule has 0 aliphatic rings. The number of hydrogen-bond donors (Lipinski definition) is 1. The number of aromatic nitrogens is 3. The molecule has 0 aliphatic carbocycles. The van der Waals surface area contributed by atoms with Crippen molar-refractivity contribution in [2.75, 3.05) is 6.61 Å². The quantitative estimate of drug-likeness (QED) is 0.268. The van der Waals surface area contributed by atoms with Crippen LogP contribution < -0.4 is 10.5 Å². The average Bonchev–Trinajstić information content (AvgIpc) is 3.27. The van der Waals surface area contributed by atoms with Crippen molar-refractivity contribution in [3.63, 3.8) is 0 Å². The number of alkyl halides is 3. The van der Waals surface area contributed by atoms with Gasteiger partial charge in [-0.3, -0.25) is 14.5 Å². The Morgan fingerprint density at radius 3 is 2.41 bits per heavy atom. The Balaban J connectivity index is 1.85. The minimum absolute atomic E-state index is 0.0270. The van der Waals surface area contributed by atoms with Crippen LogP contribution in [0, 0.1) is 5.92 Å². The maximum atomic E-state index is 13.2. The molecule has 194 valence electrons. The summed E-state index contributed by atoms with van der Waals surface area (Å²) < 4.78 is 47.3. The number of rotatable bonds is 8.